The second-order valence-corrected chi connectivity index (χ2v) is 7.95. The fourth-order valence-electron chi connectivity index (χ4n) is 3.70. The molecule has 1 aliphatic rings. The maximum atomic E-state index is 13.1. The van der Waals surface area contributed by atoms with E-state index in [2.05, 4.69) is 0 Å². The number of hydrogen-bond acceptors (Lipinski definition) is 5. The van der Waals surface area contributed by atoms with Gasteiger partial charge in [-0.15, -0.1) is 0 Å². The molecule has 7 heteroatoms. The first-order valence-electron chi connectivity index (χ1n) is 10.2. The van der Waals surface area contributed by atoms with E-state index in [1.165, 1.54) is 12.0 Å². The monoisotopic (exact) mass is 443 g/mol. The third kappa shape index (κ3) is 4.39. The number of ether oxygens (including phenoxy) is 2. The molecule has 1 unspecified atom stereocenters. The maximum Gasteiger partial charge on any atom is 0.295 e. The molecule has 0 radical (unpaired) electrons. The molecule has 0 bridgehead atoms. The van der Waals surface area contributed by atoms with Gasteiger partial charge in [0.1, 0.15) is 17.3 Å². The average molecular weight is 444 g/mol. The second-order valence-electron chi connectivity index (χ2n) is 7.54. The lowest BCUT2D eigenvalue weighted by atomic mass is 9.94. The minimum absolute atomic E-state index is 0.0200. The molecule has 6 nitrogen and oxygen atoms in total. The zero-order valence-corrected chi connectivity index (χ0v) is 18.8. The SMILES string of the molecule is CCCN1C(=O)C(=O)/C(=C(/O)c2cc(OC)ccc2Cl)C1c1ccccc1OC(C)C. The van der Waals surface area contributed by atoms with Gasteiger partial charge in [-0.1, -0.05) is 36.7 Å². The van der Waals surface area contributed by atoms with Gasteiger partial charge in [0.2, 0.25) is 0 Å². The summed E-state index contributed by atoms with van der Waals surface area (Å²) in [6.07, 6.45) is 0.541. The summed E-state index contributed by atoms with van der Waals surface area (Å²) in [5.74, 6) is -0.742. The van der Waals surface area contributed by atoms with E-state index in [1.54, 1.807) is 30.3 Å². The van der Waals surface area contributed by atoms with Crippen molar-refractivity contribution >= 4 is 29.1 Å². The molecule has 1 fully saturated rings. The number of likely N-dealkylation sites (tertiary alicyclic amines) is 1. The lowest BCUT2D eigenvalue weighted by molar-refractivity contribution is -0.139. The largest absolute Gasteiger partial charge is 0.507 e. The summed E-state index contributed by atoms with van der Waals surface area (Å²) in [7, 11) is 1.49. The van der Waals surface area contributed by atoms with Gasteiger partial charge in [0.05, 0.1) is 29.9 Å². The van der Waals surface area contributed by atoms with Crippen molar-refractivity contribution in [2.24, 2.45) is 0 Å². The Balaban J connectivity index is 2.26. The summed E-state index contributed by atoms with van der Waals surface area (Å²) in [5, 5.41) is 11.4. The van der Waals surface area contributed by atoms with Crippen molar-refractivity contribution < 1.29 is 24.2 Å². The lowest BCUT2D eigenvalue weighted by Gasteiger charge is -2.27. The third-order valence-electron chi connectivity index (χ3n) is 5.01. The quantitative estimate of drug-likeness (QED) is 0.371. The number of aliphatic hydroxyl groups excluding tert-OH is 1. The molecule has 1 heterocycles. The molecule has 2 aromatic rings. The molecule has 0 spiro atoms. The van der Waals surface area contributed by atoms with Gasteiger partial charge in [0.25, 0.3) is 11.7 Å². The molecule has 1 N–H and O–H groups in total. The highest BCUT2D eigenvalue weighted by atomic mass is 35.5. The van der Waals surface area contributed by atoms with Gasteiger partial charge in [-0.25, -0.2) is 0 Å². The molecule has 2 aromatic carbocycles. The lowest BCUT2D eigenvalue weighted by Crippen LogP contribution is -2.30. The van der Waals surface area contributed by atoms with Crippen LogP contribution < -0.4 is 9.47 Å². The van der Waals surface area contributed by atoms with Crippen LogP contribution in [0.1, 0.15) is 44.4 Å². The molecular formula is C24H26ClNO5. The van der Waals surface area contributed by atoms with Crippen molar-refractivity contribution in [2.75, 3.05) is 13.7 Å². The summed E-state index contributed by atoms with van der Waals surface area (Å²) in [6, 6.07) is 11.2. The van der Waals surface area contributed by atoms with E-state index in [0.717, 1.165) is 0 Å². The molecule has 0 aromatic heterocycles. The fraction of sp³-hybridized carbons (Fsp3) is 0.333. The Kier molecular flexibility index (Phi) is 6.91. The Morgan fingerprint density at radius 2 is 1.90 bits per heavy atom. The van der Waals surface area contributed by atoms with Crippen LogP contribution in [0, 0.1) is 0 Å². The zero-order valence-electron chi connectivity index (χ0n) is 18.0. The molecule has 0 saturated carbocycles. The van der Waals surface area contributed by atoms with Gasteiger partial charge in [-0.05, 0) is 44.5 Å². The fourth-order valence-corrected chi connectivity index (χ4v) is 3.91. The van der Waals surface area contributed by atoms with E-state index in [1.807, 2.05) is 32.9 Å². The van der Waals surface area contributed by atoms with Gasteiger partial charge in [0.15, 0.2) is 0 Å². The second kappa shape index (κ2) is 9.43. The number of hydrogen-bond donors (Lipinski definition) is 1. The molecule has 1 amide bonds. The van der Waals surface area contributed by atoms with E-state index in [0.29, 0.717) is 30.0 Å². The Hall–Kier alpha value is -2.99. The Labute approximate surface area is 187 Å². The molecule has 1 aliphatic heterocycles. The number of ketones is 1. The first kappa shape index (κ1) is 22.7. The van der Waals surface area contributed by atoms with Crippen LogP contribution in [0.2, 0.25) is 5.02 Å². The number of rotatable bonds is 7. The van der Waals surface area contributed by atoms with E-state index in [9.17, 15) is 14.7 Å². The summed E-state index contributed by atoms with van der Waals surface area (Å²) in [5.41, 5.74) is 0.834. The molecular weight excluding hydrogens is 418 g/mol. The number of benzene rings is 2. The minimum Gasteiger partial charge on any atom is -0.507 e. The Bertz CT molecular complexity index is 1030. The smallest absolute Gasteiger partial charge is 0.295 e. The number of carbonyl (C=O) groups is 2. The standard InChI is InChI=1S/C24H26ClNO5/c1-5-12-26-21(16-8-6-7-9-19(16)31-14(2)3)20(23(28)24(26)29)22(27)17-13-15(30-4)10-11-18(17)25/h6-11,13-14,21,27H,5,12H2,1-4H3/b22-20+. The molecule has 164 valence electrons. The Morgan fingerprint density at radius 3 is 2.55 bits per heavy atom. The van der Waals surface area contributed by atoms with E-state index >= 15 is 0 Å². The van der Waals surface area contributed by atoms with Gasteiger partial charge >= 0.3 is 0 Å². The van der Waals surface area contributed by atoms with E-state index < -0.39 is 17.7 Å². The van der Waals surface area contributed by atoms with Crippen LogP contribution in [0.15, 0.2) is 48.0 Å². The number of amides is 1. The zero-order chi connectivity index (χ0) is 22.7. The van der Waals surface area contributed by atoms with Gasteiger partial charge in [-0.2, -0.15) is 0 Å². The van der Waals surface area contributed by atoms with Crippen molar-refractivity contribution in [1.82, 2.24) is 4.90 Å². The number of para-hydroxylation sites is 1. The van der Waals surface area contributed by atoms with Crippen LogP contribution in [-0.4, -0.2) is 41.5 Å². The van der Waals surface area contributed by atoms with Crippen LogP contribution in [0.25, 0.3) is 5.76 Å². The third-order valence-corrected chi connectivity index (χ3v) is 5.34. The first-order chi connectivity index (χ1) is 14.8. The number of halogens is 1. The molecule has 1 saturated heterocycles. The van der Waals surface area contributed by atoms with Crippen LogP contribution in [0.5, 0.6) is 11.5 Å². The highest BCUT2D eigenvalue weighted by molar-refractivity contribution is 6.47. The summed E-state index contributed by atoms with van der Waals surface area (Å²) >= 11 is 6.32. The molecule has 3 rings (SSSR count). The number of Topliss-reactive ketones (excluding diaryl/α,β-unsaturated/α-hetero) is 1. The number of nitrogens with zero attached hydrogens (tertiary/aromatic N) is 1. The number of methoxy groups -OCH3 is 1. The van der Waals surface area contributed by atoms with Crippen molar-refractivity contribution in [3.8, 4) is 11.5 Å². The number of carbonyl (C=O) groups excluding carboxylic acids is 2. The van der Waals surface area contributed by atoms with Crippen LogP contribution in [-0.2, 0) is 9.59 Å². The van der Waals surface area contributed by atoms with Crippen molar-refractivity contribution in [1.29, 1.82) is 0 Å². The molecule has 31 heavy (non-hydrogen) atoms. The summed E-state index contributed by atoms with van der Waals surface area (Å²) < 4.78 is 11.2. The highest BCUT2D eigenvalue weighted by Gasteiger charge is 2.46. The van der Waals surface area contributed by atoms with Crippen molar-refractivity contribution in [2.45, 2.75) is 39.3 Å². The van der Waals surface area contributed by atoms with Gasteiger partial charge in [-0.3, -0.25) is 9.59 Å². The maximum absolute atomic E-state index is 13.1. The summed E-state index contributed by atoms with van der Waals surface area (Å²) in [4.78, 5) is 27.4. The van der Waals surface area contributed by atoms with E-state index in [4.69, 9.17) is 21.1 Å². The van der Waals surface area contributed by atoms with Crippen LogP contribution >= 0.6 is 11.6 Å². The van der Waals surface area contributed by atoms with Gasteiger partial charge < -0.3 is 19.5 Å². The van der Waals surface area contributed by atoms with E-state index in [-0.39, 0.29) is 28.0 Å². The average Bonchev–Trinajstić information content (AvgIpc) is 2.99. The normalized spacial score (nSPS) is 18.0. The number of aliphatic hydroxyl groups is 1. The van der Waals surface area contributed by atoms with Crippen molar-refractivity contribution in [3.05, 3.63) is 64.2 Å². The topological polar surface area (TPSA) is 76.1 Å². The first-order valence-corrected chi connectivity index (χ1v) is 10.6. The highest BCUT2D eigenvalue weighted by Crippen LogP contribution is 2.44. The Morgan fingerprint density at radius 1 is 1.19 bits per heavy atom. The molecule has 1 atom stereocenters. The predicted octanol–water partition coefficient (Wildman–Crippen LogP) is 4.97. The minimum atomic E-state index is -0.794. The summed E-state index contributed by atoms with van der Waals surface area (Å²) in [6.45, 7) is 6.07. The van der Waals surface area contributed by atoms with Crippen molar-refractivity contribution in [3.63, 3.8) is 0 Å². The van der Waals surface area contributed by atoms with Crippen LogP contribution in [0.3, 0.4) is 0 Å². The molecule has 0 aliphatic carbocycles. The predicted molar refractivity (Wildman–Crippen MR) is 120 cm³/mol. The van der Waals surface area contributed by atoms with Gasteiger partial charge in [0, 0.05) is 17.7 Å². The van der Waals surface area contributed by atoms with Crippen LogP contribution in [0.4, 0.5) is 0 Å².